The van der Waals surface area contributed by atoms with Gasteiger partial charge in [0.2, 0.25) is 0 Å². The van der Waals surface area contributed by atoms with Gasteiger partial charge in [0, 0.05) is 32.7 Å². The summed E-state index contributed by atoms with van der Waals surface area (Å²) in [6.07, 6.45) is 44.0. The Kier molecular flexibility index (Phi) is 60.2. The molecule has 1 amide bonds. The van der Waals surface area contributed by atoms with E-state index in [4.69, 9.17) is 23.7 Å². The van der Waals surface area contributed by atoms with Gasteiger partial charge in [-0.05, 0) is 64.7 Å². The molecule has 0 atom stereocenters. The second-order valence-corrected chi connectivity index (χ2v) is 23.3. The summed E-state index contributed by atoms with van der Waals surface area (Å²) < 4.78 is 28.1. The van der Waals surface area contributed by atoms with Crippen molar-refractivity contribution < 1.29 is 47.7 Å². The molecule has 0 radical (unpaired) electrons. The third-order valence-electron chi connectivity index (χ3n) is 15.6. The lowest BCUT2D eigenvalue weighted by Gasteiger charge is -2.24. The second kappa shape index (κ2) is 62.5. The summed E-state index contributed by atoms with van der Waals surface area (Å²) in [7, 11) is 0. The standard InChI is InChI=1S/C67H131N5O10/c1-7-13-17-21-25-29-33-37-41-54-78-63(73)59-71(60-64(74)79-55-42-38-34-30-26-22-18-14-8-2)50-45-48-69(11-5)52-47-68-67(77)82-58-53-70(12-6)49-46-51-72(61-65(75)80-56-43-39-35-31-27-23-19-15-9-3)62-66(76)81-57-44-40-36-32-28-24-20-16-10-4/h7-62H2,1-6H3,(H,68,77). The van der Waals surface area contributed by atoms with Gasteiger partial charge in [0.25, 0.3) is 0 Å². The van der Waals surface area contributed by atoms with Gasteiger partial charge in [-0.2, -0.15) is 0 Å². The number of alkyl carbamates (subject to hydrolysis) is 1. The summed E-state index contributed by atoms with van der Waals surface area (Å²) in [5.74, 6) is -1.24. The van der Waals surface area contributed by atoms with E-state index in [1.54, 1.807) is 0 Å². The van der Waals surface area contributed by atoms with E-state index in [2.05, 4.69) is 56.7 Å². The van der Waals surface area contributed by atoms with Gasteiger partial charge in [0.05, 0.1) is 52.6 Å². The maximum Gasteiger partial charge on any atom is 0.407 e. The molecular weight excluding hydrogens is 1030 g/mol. The molecular formula is C67H131N5O10. The Labute approximate surface area is 504 Å². The maximum absolute atomic E-state index is 13.0. The summed E-state index contributed by atoms with van der Waals surface area (Å²) in [5, 5.41) is 2.90. The zero-order chi connectivity index (χ0) is 60.0. The average molecular weight is 1170 g/mol. The fourth-order valence-corrected chi connectivity index (χ4v) is 10.3. The molecule has 0 saturated carbocycles. The number of rotatable bonds is 64. The Bertz CT molecular complexity index is 1270. The molecule has 0 aliphatic heterocycles. The van der Waals surface area contributed by atoms with Crippen molar-refractivity contribution in [3.63, 3.8) is 0 Å². The minimum Gasteiger partial charge on any atom is -0.465 e. The first-order valence-corrected chi connectivity index (χ1v) is 34.5. The highest BCUT2D eigenvalue weighted by atomic mass is 16.6. The average Bonchev–Trinajstić information content (AvgIpc) is 3.46. The van der Waals surface area contributed by atoms with Crippen LogP contribution in [0.5, 0.6) is 0 Å². The summed E-state index contributed by atoms with van der Waals surface area (Å²) in [5.41, 5.74) is 0. The van der Waals surface area contributed by atoms with E-state index in [-0.39, 0.29) is 56.7 Å². The molecule has 0 aromatic rings. The van der Waals surface area contributed by atoms with Crippen LogP contribution in [0.15, 0.2) is 0 Å². The SMILES string of the molecule is CCCCCCCCCCCOC(=O)CN(CCCN(CC)CCNC(=O)OCCN(CC)CCCN(CC(=O)OCCCCCCCCCCC)CC(=O)OCCCCCCCCCCC)CC(=O)OCCCCCCCCCCC. The van der Waals surface area contributed by atoms with Gasteiger partial charge in [-0.1, -0.05) is 247 Å². The number of nitrogens with one attached hydrogen (secondary N) is 1. The van der Waals surface area contributed by atoms with Crippen molar-refractivity contribution in [3.8, 4) is 0 Å². The van der Waals surface area contributed by atoms with Crippen molar-refractivity contribution in [2.24, 2.45) is 0 Å². The molecule has 15 heteroatoms. The van der Waals surface area contributed by atoms with E-state index >= 15 is 0 Å². The van der Waals surface area contributed by atoms with E-state index in [1.165, 1.54) is 154 Å². The number of hydrogen-bond donors (Lipinski definition) is 1. The van der Waals surface area contributed by atoms with E-state index in [1.807, 2.05) is 9.80 Å². The largest absolute Gasteiger partial charge is 0.465 e. The highest BCUT2D eigenvalue weighted by Gasteiger charge is 2.19. The minimum atomic E-state index is -0.465. The van der Waals surface area contributed by atoms with Gasteiger partial charge in [-0.25, -0.2) is 4.79 Å². The van der Waals surface area contributed by atoms with E-state index in [0.29, 0.717) is 72.1 Å². The third-order valence-corrected chi connectivity index (χ3v) is 15.6. The second-order valence-electron chi connectivity index (χ2n) is 23.3. The molecule has 0 fully saturated rings. The van der Waals surface area contributed by atoms with Crippen LogP contribution in [-0.2, 0) is 42.9 Å². The van der Waals surface area contributed by atoms with E-state index in [9.17, 15) is 24.0 Å². The van der Waals surface area contributed by atoms with Gasteiger partial charge in [-0.15, -0.1) is 0 Å². The molecule has 1 N–H and O–H groups in total. The lowest BCUT2D eigenvalue weighted by Crippen LogP contribution is -2.40. The molecule has 0 heterocycles. The van der Waals surface area contributed by atoms with Crippen molar-refractivity contribution in [1.29, 1.82) is 0 Å². The molecule has 82 heavy (non-hydrogen) atoms. The molecule has 0 rings (SSSR count). The zero-order valence-electron chi connectivity index (χ0n) is 54.5. The van der Waals surface area contributed by atoms with Crippen LogP contribution in [0.4, 0.5) is 4.79 Å². The first-order chi connectivity index (χ1) is 40.1. The number of nitrogens with zero attached hydrogens (tertiary/aromatic N) is 4. The topological polar surface area (TPSA) is 156 Å². The first-order valence-electron chi connectivity index (χ1n) is 34.5. The Morgan fingerprint density at radius 3 is 0.768 bits per heavy atom. The molecule has 484 valence electrons. The highest BCUT2D eigenvalue weighted by molar-refractivity contribution is 5.75. The van der Waals surface area contributed by atoms with E-state index in [0.717, 1.165) is 103 Å². The van der Waals surface area contributed by atoms with Crippen LogP contribution in [0.25, 0.3) is 0 Å². The fraction of sp³-hybridized carbons (Fsp3) is 0.925. The number of esters is 4. The number of ether oxygens (including phenoxy) is 5. The number of unbranched alkanes of at least 4 members (excludes halogenated alkanes) is 32. The van der Waals surface area contributed by atoms with Crippen molar-refractivity contribution in [2.45, 2.75) is 286 Å². The summed E-state index contributed by atoms with van der Waals surface area (Å²) >= 11 is 0. The minimum absolute atomic E-state index is 0.0414. The monoisotopic (exact) mass is 1170 g/mol. The number of carbonyl (C=O) groups excluding carboxylic acids is 5. The van der Waals surface area contributed by atoms with Crippen LogP contribution in [0.2, 0.25) is 0 Å². The number of amides is 1. The van der Waals surface area contributed by atoms with Gasteiger partial charge in [-0.3, -0.25) is 29.0 Å². The lowest BCUT2D eigenvalue weighted by atomic mass is 10.1. The van der Waals surface area contributed by atoms with Crippen LogP contribution < -0.4 is 5.32 Å². The smallest absolute Gasteiger partial charge is 0.407 e. The number of likely N-dealkylation sites (N-methyl/N-ethyl adjacent to an activating group) is 2. The summed E-state index contributed by atoms with van der Waals surface area (Å²) in [6, 6.07) is 0. The van der Waals surface area contributed by atoms with Crippen molar-refractivity contribution in [1.82, 2.24) is 24.9 Å². The molecule has 0 aliphatic rings. The molecule has 0 unspecified atom stereocenters. The first kappa shape index (κ1) is 79.0. The normalized spacial score (nSPS) is 11.5. The molecule has 0 aromatic heterocycles. The van der Waals surface area contributed by atoms with E-state index < -0.39 is 6.09 Å². The predicted molar refractivity (Wildman–Crippen MR) is 338 cm³/mol. The Morgan fingerprint density at radius 2 is 0.500 bits per heavy atom. The van der Waals surface area contributed by atoms with Gasteiger partial charge in [0.1, 0.15) is 6.61 Å². The molecule has 0 aliphatic carbocycles. The maximum atomic E-state index is 13.0. The van der Waals surface area contributed by atoms with Crippen LogP contribution >= 0.6 is 0 Å². The van der Waals surface area contributed by atoms with Gasteiger partial charge < -0.3 is 38.8 Å². The van der Waals surface area contributed by atoms with Gasteiger partial charge in [0.15, 0.2) is 0 Å². The van der Waals surface area contributed by atoms with Crippen LogP contribution in [-0.4, -0.2) is 168 Å². The molecule has 0 spiro atoms. The zero-order valence-corrected chi connectivity index (χ0v) is 54.5. The summed E-state index contributed by atoms with van der Waals surface area (Å²) in [6.45, 7) is 20.8. The Morgan fingerprint density at radius 1 is 0.256 bits per heavy atom. The lowest BCUT2D eigenvalue weighted by molar-refractivity contribution is -0.150. The molecule has 0 saturated heterocycles. The van der Waals surface area contributed by atoms with Crippen molar-refractivity contribution in [3.05, 3.63) is 0 Å². The molecule has 0 bridgehead atoms. The Hall–Kier alpha value is -3.01. The van der Waals surface area contributed by atoms with Crippen LogP contribution in [0.3, 0.4) is 0 Å². The molecule has 0 aromatic carbocycles. The van der Waals surface area contributed by atoms with Crippen molar-refractivity contribution in [2.75, 3.05) is 118 Å². The van der Waals surface area contributed by atoms with Crippen LogP contribution in [0.1, 0.15) is 286 Å². The quantitative estimate of drug-likeness (QED) is 0.0349. The highest BCUT2D eigenvalue weighted by Crippen LogP contribution is 2.14. The number of carbonyl (C=O) groups is 5. The van der Waals surface area contributed by atoms with Crippen LogP contribution in [0, 0.1) is 0 Å². The summed E-state index contributed by atoms with van der Waals surface area (Å²) in [4.78, 5) is 72.8. The predicted octanol–water partition coefficient (Wildman–Crippen LogP) is 15.0. The third kappa shape index (κ3) is 56.1. The fourth-order valence-electron chi connectivity index (χ4n) is 10.3. The number of hydrogen-bond acceptors (Lipinski definition) is 14. The van der Waals surface area contributed by atoms with Gasteiger partial charge >= 0.3 is 30.0 Å². The Balaban J connectivity index is 4.96. The molecule has 15 nitrogen and oxygen atoms in total. The van der Waals surface area contributed by atoms with Crippen molar-refractivity contribution >= 4 is 30.0 Å².